The number of H-pyrrole nitrogens is 1. The van der Waals surface area contributed by atoms with Gasteiger partial charge in [-0.2, -0.15) is 0 Å². The van der Waals surface area contributed by atoms with E-state index in [9.17, 15) is 14.0 Å². The Morgan fingerprint density at radius 1 is 1.10 bits per heavy atom. The minimum absolute atomic E-state index is 0.00708. The van der Waals surface area contributed by atoms with Crippen LogP contribution in [0.25, 0.3) is 22.0 Å². The van der Waals surface area contributed by atoms with Crippen molar-refractivity contribution in [1.29, 1.82) is 0 Å². The molecule has 9 nitrogen and oxygen atoms in total. The predicted molar refractivity (Wildman–Crippen MR) is 152 cm³/mol. The third-order valence-electron chi connectivity index (χ3n) is 7.89. The Labute approximate surface area is 229 Å². The fraction of sp³-hybridized carbons (Fsp3) is 0.345. The molecule has 3 aromatic heterocycles. The number of aromatic amines is 1. The first-order chi connectivity index (χ1) is 19.3. The first-order valence-electron chi connectivity index (χ1n) is 13.5. The number of nitrogens with two attached hydrogens (primary N) is 1. The summed E-state index contributed by atoms with van der Waals surface area (Å²) in [5.41, 5.74) is 10.5. The summed E-state index contributed by atoms with van der Waals surface area (Å²) in [5, 5.41) is 0.753. The lowest BCUT2D eigenvalue weighted by molar-refractivity contribution is -0.118. The number of nitrogens with zero attached hydrogens (tertiary/aromatic N) is 5. The maximum absolute atomic E-state index is 15.3. The summed E-state index contributed by atoms with van der Waals surface area (Å²) in [6.45, 7) is 4.70. The van der Waals surface area contributed by atoms with Crippen molar-refractivity contribution in [2.24, 2.45) is 12.8 Å². The molecule has 0 unspecified atom stereocenters. The van der Waals surface area contributed by atoms with Gasteiger partial charge in [0.25, 0.3) is 5.56 Å². The number of aryl methyl sites for hydroxylation is 1. The average molecular weight is 548 g/mol. The van der Waals surface area contributed by atoms with Crippen LogP contribution in [0, 0.1) is 11.6 Å². The van der Waals surface area contributed by atoms with Crippen molar-refractivity contribution in [2.45, 2.75) is 32.7 Å². The van der Waals surface area contributed by atoms with Gasteiger partial charge in [-0.05, 0) is 44.0 Å². The van der Waals surface area contributed by atoms with Crippen molar-refractivity contribution in [3.63, 3.8) is 0 Å². The zero-order chi connectivity index (χ0) is 28.1. The normalized spacial score (nSPS) is 14.4. The molecule has 5 heterocycles. The molecule has 0 saturated heterocycles. The molecule has 208 valence electrons. The van der Waals surface area contributed by atoms with E-state index in [4.69, 9.17) is 5.73 Å². The van der Waals surface area contributed by atoms with Crippen LogP contribution in [-0.4, -0.2) is 46.6 Å². The molecule has 0 aliphatic carbocycles. The van der Waals surface area contributed by atoms with E-state index in [1.165, 1.54) is 4.57 Å². The number of likely N-dealkylation sites (N-methyl/N-ethyl adjacent to an activating group) is 1. The van der Waals surface area contributed by atoms with Gasteiger partial charge in [-0.15, -0.1) is 0 Å². The van der Waals surface area contributed by atoms with Gasteiger partial charge in [-0.25, -0.2) is 13.8 Å². The maximum Gasteiger partial charge on any atom is 0.274 e. The second-order valence-electron chi connectivity index (χ2n) is 10.3. The molecular formula is C29H31F2N7O2. The molecule has 40 heavy (non-hydrogen) atoms. The standard InChI is InChI=1S/C29H31F2N7O2/c1-3-36-8-9-37(25(39)6-4-5-7-32)24-12-22-19(11-23(24)36)20-16-35(2)29(40)27-26(20)17(13-33-27)15-38(22)28-21(31)10-18(30)14-34-28/h10-14,16,33H,3-9,15,32H2,1-2H3. The van der Waals surface area contributed by atoms with E-state index in [1.54, 1.807) is 29.2 Å². The topological polar surface area (TPSA) is 103 Å². The molecule has 11 heteroatoms. The van der Waals surface area contributed by atoms with E-state index in [-0.39, 0.29) is 23.8 Å². The lowest BCUT2D eigenvalue weighted by Crippen LogP contribution is -2.44. The van der Waals surface area contributed by atoms with Gasteiger partial charge in [0.1, 0.15) is 11.3 Å². The number of hydrogen-bond donors (Lipinski definition) is 2. The molecule has 2 aliphatic heterocycles. The first-order valence-corrected chi connectivity index (χ1v) is 13.5. The Bertz CT molecular complexity index is 1700. The van der Waals surface area contributed by atoms with Crippen LogP contribution >= 0.6 is 0 Å². The van der Waals surface area contributed by atoms with E-state index in [1.807, 2.05) is 12.1 Å². The molecule has 1 aromatic carbocycles. The number of hydrogen-bond acceptors (Lipinski definition) is 6. The van der Waals surface area contributed by atoms with E-state index < -0.39 is 11.6 Å². The molecule has 0 atom stereocenters. The zero-order valence-electron chi connectivity index (χ0n) is 22.5. The van der Waals surface area contributed by atoms with Crippen molar-refractivity contribution in [3.8, 4) is 11.1 Å². The third-order valence-corrected chi connectivity index (χ3v) is 7.89. The number of anilines is 4. The molecule has 0 fully saturated rings. The molecule has 1 amide bonds. The van der Waals surface area contributed by atoms with Gasteiger partial charge in [0.05, 0.1) is 29.8 Å². The second kappa shape index (κ2) is 10.1. The minimum Gasteiger partial charge on any atom is -0.368 e. The summed E-state index contributed by atoms with van der Waals surface area (Å²) >= 11 is 0. The maximum atomic E-state index is 15.3. The van der Waals surface area contributed by atoms with Crippen LogP contribution in [-0.2, 0) is 18.4 Å². The minimum atomic E-state index is -0.804. The van der Waals surface area contributed by atoms with Crippen molar-refractivity contribution >= 4 is 39.7 Å². The number of rotatable bonds is 6. The average Bonchev–Trinajstić information content (AvgIpc) is 3.31. The fourth-order valence-corrected chi connectivity index (χ4v) is 5.89. The zero-order valence-corrected chi connectivity index (χ0v) is 22.5. The van der Waals surface area contributed by atoms with Gasteiger partial charge in [-0.1, -0.05) is 0 Å². The Morgan fingerprint density at radius 2 is 1.93 bits per heavy atom. The molecule has 0 saturated carbocycles. The summed E-state index contributed by atoms with van der Waals surface area (Å²) in [7, 11) is 1.70. The van der Waals surface area contributed by atoms with Crippen LogP contribution in [0.2, 0.25) is 0 Å². The number of aromatic nitrogens is 3. The number of pyridine rings is 2. The molecule has 0 spiro atoms. The highest BCUT2D eigenvalue weighted by Crippen LogP contribution is 2.49. The number of carbonyl (C=O) groups is 1. The first kappa shape index (κ1) is 26.0. The van der Waals surface area contributed by atoms with Crippen LogP contribution in [0.4, 0.5) is 31.7 Å². The number of amides is 1. The highest BCUT2D eigenvalue weighted by atomic mass is 19.1. The Kier molecular flexibility index (Phi) is 6.53. The SMILES string of the molecule is CCN1CCN(C(=O)CCCCN)c2cc3c(cc21)-c1cn(C)c(=O)c2[nH]cc(c12)CN3c1ncc(F)cc1F. The second-order valence-corrected chi connectivity index (χ2v) is 10.3. The number of halogens is 2. The van der Waals surface area contributed by atoms with Gasteiger partial charge >= 0.3 is 0 Å². The lowest BCUT2D eigenvalue weighted by atomic mass is 9.98. The monoisotopic (exact) mass is 547 g/mol. The smallest absolute Gasteiger partial charge is 0.274 e. The highest BCUT2D eigenvalue weighted by molar-refractivity contribution is 6.06. The largest absolute Gasteiger partial charge is 0.368 e. The highest BCUT2D eigenvalue weighted by Gasteiger charge is 2.33. The lowest BCUT2D eigenvalue weighted by Gasteiger charge is -2.39. The molecule has 0 bridgehead atoms. The van der Waals surface area contributed by atoms with Crippen LogP contribution in [0.5, 0.6) is 0 Å². The summed E-state index contributed by atoms with van der Waals surface area (Å²) in [6.07, 6.45) is 6.38. The predicted octanol–water partition coefficient (Wildman–Crippen LogP) is 4.16. The van der Waals surface area contributed by atoms with E-state index >= 15 is 4.39 Å². The molecule has 3 N–H and O–H groups in total. The van der Waals surface area contributed by atoms with Crippen LogP contribution in [0.15, 0.2) is 41.6 Å². The number of unbranched alkanes of at least 4 members (excludes halogenated alkanes) is 1. The van der Waals surface area contributed by atoms with E-state index in [0.717, 1.165) is 58.7 Å². The van der Waals surface area contributed by atoms with Crippen molar-refractivity contribution in [1.82, 2.24) is 14.5 Å². The van der Waals surface area contributed by atoms with E-state index in [2.05, 4.69) is 21.8 Å². The molecular weight excluding hydrogens is 516 g/mol. The van der Waals surface area contributed by atoms with Crippen LogP contribution in [0.3, 0.4) is 0 Å². The fourth-order valence-electron chi connectivity index (χ4n) is 5.89. The van der Waals surface area contributed by atoms with Gasteiger partial charge in [-0.3, -0.25) is 9.59 Å². The molecule has 6 rings (SSSR count). The quantitative estimate of drug-likeness (QED) is 0.352. The molecule has 4 aromatic rings. The Hall–Kier alpha value is -4.25. The van der Waals surface area contributed by atoms with Crippen molar-refractivity contribution in [2.75, 3.05) is 40.9 Å². The molecule has 0 radical (unpaired) electrons. The summed E-state index contributed by atoms with van der Waals surface area (Å²) in [5.74, 6) is -1.61. The summed E-state index contributed by atoms with van der Waals surface area (Å²) in [6, 6.07) is 4.74. The van der Waals surface area contributed by atoms with Gasteiger partial charge in [0.15, 0.2) is 11.6 Å². The van der Waals surface area contributed by atoms with Gasteiger partial charge < -0.3 is 30.0 Å². The summed E-state index contributed by atoms with van der Waals surface area (Å²) in [4.78, 5) is 39.3. The van der Waals surface area contributed by atoms with Crippen molar-refractivity contribution in [3.05, 3.63) is 64.3 Å². The molecule has 2 aliphatic rings. The Morgan fingerprint density at radius 3 is 2.67 bits per heavy atom. The number of nitrogens with one attached hydrogen (secondary N) is 1. The number of benzene rings is 1. The van der Waals surface area contributed by atoms with Crippen LogP contribution in [0.1, 0.15) is 31.7 Å². The number of fused-ring (bicyclic) bond motifs is 3. The Balaban J connectivity index is 1.62. The van der Waals surface area contributed by atoms with E-state index in [0.29, 0.717) is 43.7 Å². The van der Waals surface area contributed by atoms with Crippen LogP contribution < -0.4 is 26.0 Å². The summed E-state index contributed by atoms with van der Waals surface area (Å²) < 4.78 is 30.7. The van der Waals surface area contributed by atoms with Gasteiger partial charge in [0, 0.05) is 68.1 Å². The third kappa shape index (κ3) is 4.12. The van der Waals surface area contributed by atoms with Crippen molar-refractivity contribution < 1.29 is 13.6 Å². The number of carbonyl (C=O) groups excluding carboxylic acids is 1. The van der Waals surface area contributed by atoms with Gasteiger partial charge in [0.2, 0.25) is 5.91 Å².